The summed E-state index contributed by atoms with van der Waals surface area (Å²) >= 11 is 0. The fourth-order valence-electron chi connectivity index (χ4n) is 9.49. The van der Waals surface area contributed by atoms with Crippen LogP contribution in [0, 0.1) is 0 Å². The minimum Gasteiger partial charge on any atom is -0.756 e. The normalized spacial score (nSPS) is 13.8. The topological polar surface area (TPSA) is 111 Å². The Morgan fingerprint density at radius 3 is 1.02 bits per heavy atom. The van der Waals surface area contributed by atoms with Crippen molar-refractivity contribution in [3.8, 4) is 0 Å². The van der Waals surface area contributed by atoms with Gasteiger partial charge in [0.05, 0.1) is 27.7 Å². The Balaban J connectivity index is 4.07. The van der Waals surface area contributed by atoms with Crippen LogP contribution in [0.2, 0.25) is 0 Å². The summed E-state index contributed by atoms with van der Waals surface area (Å²) < 4.78 is 34.2. The summed E-state index contributed by atoms with van der Waals surface area (Å²) in [6.07, 6.45) is 90.4. The lowest BCUT2D eigenvalue weighted by Gasteiger charge is -2.28. The van der Waals surface area contributed by atoms with E-state index in [1.54, 1.807) is 0 Å². The quantitative estimate of drug-likeness (QED) is 0.0195. The Morgan fingerprint density at radius 1 is 0.381 bits per heavy atom. The lowest BCUT2D eigenvalue weighted by molar-refractivity contribution is -0.870. The Morgan fingerprint density at radius 2 is 0.679 bits per heavy atom. The molecule has 0 aliphatic rings. The number of likely N-dealkylation sites (N-methyl/N-ethyl adjacent to an activating group) is 1. The lowest BCUT2D eigenvalue weighted by atomic mass is 10.0. The van der Waals surface area contributed by atoms with Crippen molar-refractivity contribution in [1.29, 1.82) is 0 Å². The Hall–Kier alpha value is -3.33. The van der Waals surface area contributed by atoms with Crippen molar-refractivity contribution < 1.29 is 42.1 Å². The van der Waals surface area contributed by atoms with Crippen LogP contribution in [0.15, 0.2) is 109 Å². The van der Waals surface area contributed by atoms with E-state index in [2.05, 4.69) is 123 Å². The van der Waals surface area contributed by atoms with Crippen molar-refractivity contribution in [2.45, 2.75) is 302 Å². The van der Waals surface area contributed by atoms with E-state index in [0.717, 1.165) is 89.9 Å². The van der Waals surface area contributed by atoms with E-state index in [9.17, 15) is 19.0 Å². The zero-order chi connectivity index (χ0) is 61.2. The summed E-state index contributed by atoms with van der Waals surface area (Å²) in [5, 5.41) is 0. The molecule has 0 saturated heterocycles. The maximum Gasteiger partial charge on any atom is 0.306 e. The third kappa shape index (κ3) is 67.8. The van der Waals surface area contributed by atoms with Gasteiger partial charge in [-0.05, 0) is 103 Å². The molecule has 0 radical (unpaired) electrons. The fraction of sp³-hybridized carbons (Fsp3) is 0.730. The molecule has 484 valence electrons. The van der Waals surface area contributed by atoms with Gasteiger partial charge in [-0.2, -0.15) is 0 Å². The van der Waals surface area contributed by atoms with Crippen molar-refractivity contribution in [2.75, 3.05) is 47.5 Å². The van der Waals surface area contributed by atoms with Crippen molar-refractivity contribution in [1.82, 2.24) is 0 Å². The van der Waals surface area contributed by atoms with Crippen LogP contribution in [0.25, 0.3) is 0 Å². The molecular formula is C74H130NO8P. The van der Waals surface area contributed by atoms with Gasteiger partial charge in [-0.1, -0.05) is 290 Å². The van der Waals surface area contributed by atoms with E-state index in [-0.39, 0.29) is 26.1 Å². The largest absolute Gasteiger partial charge is 0.756 e. The number of phosphoric ester groups is 1. The van der Waals surface area contributed by atoms with Crippen molar-refractivity contribution in [3.05, 3.63) is 109 Å². The van der Waals surface area contributed by atoms with Crippen molar-refractivity contribution in [2.24, 2.45) is 0 Å². The molecule has 0 amide bonds. The Bertz CT molecular complexity index is 1790. The Labute approximate surface area is 518 Å². The van der Waals surface area contributed by atoms with E-state index >= 15 is 0 Å². The number of quaternary nitrogens is 1. The second-order valence-electron chi connectivity index (χ2n) is 24.2. The summed E-state index contributed by atoms with van der Waals surface area (Å²) in [6, 6.07) is 0. The molecule has 10 heteroatoms. The van der Waals surface area contributed by atoms with Crippen LogP contribution in [0.4, 0.5) is 0 Å². The molecule has 0 saturated carbocycles. The van der Waals surface area contributed by atoms with Crippen molar-refractivity contribution in [3.63, 3.8) is 0 Å². The van der Waals surface area contributed by atoms with Gasteiger partial charge in [0.2, 0.25) is 0 Å². The number of nitrogens with zero attached hydrogens (tertiary/aromatic N) is 1. The van der Waals surface area contributed by atoms with Gasteiger partial charge in [0.25, 0.3) is 7.82 Å². The summed E-state index contributed by atoms with van der Waals surface area (Å²) in [5.74, 6) is -0.868. The van der Waals surface area contributed by atoms with E-state index in [1.807, 2.05) is 21.1 Å². The van der Waals surface area contributed by atoms with E-state index in [1.165, 1.54) is 173 Å². The van der Waals surface area contributed by atoms with E-state index in [0.29, 0.717) is 17.4 Å². The number of unbranched alkanes of at least 4 members (excludes halogenated alkanes) is 31. The maximum absolute atomic E-state index is 12.8. The average molecular weight is 1190 g/mol. The van der Waals surface area contributed by atoms with E-state index in [4.69, 9.17) is 18.5 Å². The Kier molecular flexibility index (Phi) is 61.6. The van der Waals surface area contributed by atoms with Crippen LogP contribution in [0.1, 0.15) is 296 Å². The van der Waals surface area contributed by atoms with Crippen LogP contribution in [-0.2, 0) is 32.7 Å². The molecule has 2 unspecified atom stereocenters. The highest BCUT2D eigenvalue weighted by molar-refractivity contribution is 7.45. The van der Waals surface area contributed by atoms with Crippen LogP contribution >= 0.6 is 7.82 Å². The molecule has 0 aliphatic heterocycles. The number of ether oxygens (including phenoxy) is 2. The number of hydrogen-bond acceptors (Lipinski definition) is 8. The zero-order valence-electron chi connectivity index (χ0n) is 55.1. The summed E-state index contributed by atoms with van der Waals surface area (Å²) in [4.78, 5) is 38.0. The molecular weight excluding hydrogens is 1060 g/mol. The predicted molar refractivity (Wildman–Crippen MR) is 360 cm³/mol. The highest BCUT2D eigenvalue weighted by Crippen LogP contribution is 2.38. The van der Waals surface area contributed by atoms with Gasteiger partial charge in [-0.3, -0.25) is 14.2 Å². The number of esters is 2. The molecule has 0 spiro atoms. The minimum atomic E-state index is -4.66. The third-order valence-electron chi connectivity index (χ3n) is 14.8. The first kappa shape index (κ1) is 80.7. The molecule has 2 atom stereocenters. The van der Waals surface area contributed by atoms with Gasteiger partial charge in [-0.15, -0.1) is 0 Å². The smallest absolute Gasteiger partial charge is 0.306 e. The molecule has 0 aromatic carbocycles. The predicted octanol–water partition coefficient (Wildman–Crippen LogP) is 21.9. The van der Waals surface area contributed by atoms with E-state index < -0.39 is 32.5 Å². The second-order valence-corrected chi connectivity index (χ2v) is 25.6. The van der Waals surface area contributed by atoms with Gasteiger partial charge in [-0.25, -0.2) is 0 Å². The standard InChI is InChI=1S/C74H130NO8P/c1-6-8-10-12-14-16-18-20-22-24-26-28-30-32-33-34-35-36-37-38-39-40-41-43-44-46-48-50-52-54-56-58-60-62-64-66-73(76)80-70-72(71-82-84(78,79)81-69-68-75(3,4)5)83-74(77)67-65-63-61-59-57-55-53-51-49-47-45-42-31-29-27-25-23-21-19-17-15-13-11-9-7-2/h9,11,15,17-18,20-21,23-24,26-27,29,42,45,49,51,55,57,72H,6-8,10,12-14,16,19,22,25,28,30-41,43-44,46-48,50,52-54,56,58-71H2,1-5H3/b11-9-,17-15-,20-18-,23-21-,26-24-,29-27-,45-42-,51-49-,57-55-. The molecule has 0 N–H and O–H groups in total. The number of hydrogen-bond donors (Lipinski definition) is 0. The van der Waals surface area contributed by atoms with Crippen LogP contribution in [0.5, 0.6) is 0 Å². The first-order chi connectivity index (χ1) is 41.0. The summed E-state index contributed by atoms with van der Waals surface area (Å²) in [6.45, 7) is 4.09. The van der Waals surface area contributed by atoms with Crippen LogP contribution in [0.3, 0.4) is 0 Å². The van der Waals surface area contributed by atoms with Gasteiger partial charge >= 0.3 is 11.9 Å². The third-order valence-corrected chi connectivity index (χ3v) is 15.7. The number of phosphoric acid groups is 1. The molecule has 0 aromatic heterocycles. The highest BCUT2D eigenvalue weighted by Gasteiger charge is 2.22. The van der Waals surface area contributed by atoms with Crippen LogP contribution in [-0.4, -0.2) is 70.0 Å². The van der Waals surface area contributed by atoms with Gasteiger partial charge in [0.1, 0.15) is 19.8 Å². The van der Waals surface area contributed by atoms with Crippen LogP contribution < -0.4 is 4.89 Å². The molecule has 0 aliphatic carbocycles. The monoisotopic (exact) mass is 1190 g/mol. The lowest BCUT2D eigenvalue weighted by Crippen LogP contribution is -2.37. The molecule has 0 bridgehead atoms. The maximum atomic E-state index is 12.8. The number of carbonyl (C=O) groups excluding carboxylic acids is 2. The minimum absolute atomic E-state index is 0.0420. The van der Waals surface area contributed by atoms with Gasteiger partial charge in [0.15, 0.2) is 6.10 Å². The summed E-state index contributed by atoms with van der Waals surface area (Å²) in [5.41, 5.74) is 0. The first-order valence-electron chi connectivity index (χ1n) is 34.6. The summed E-state index contributed by atoms with van der Waals surface area (Å²) in [7, 11) is 1.14. The van der Waals surface area contributed by atoms with Gasteiger partial charge in [0, 0.05) is 12.8 Å². The molecule has 9 nitrogen and oxygen atoms in total. The van der Waals surface area contributed by atoms with Crippen molar-refractivity contribution >= 4 is 19.8 Å². The van der Waals surface area contributed by atoms with Gasteiger partial charge < -0.3 is 27.9 Å². The molecule has 0 aromatic rings. The number of allylic oxidation sites excluding steroid dienone is 18. The second kappa shape index (κ2) is 64.2. The molecule has 0 rings (SSSR count). The molecule has 84 heavy (non-hydrogen) atoms. The SMILES string of the molecule is CC/C=C\C/C=C\C/C=C\C/C=C\C/C=C\C/C=C\C/C=C\CCCCCC(=O)OC(COC(=O)CCCCCCCCCCCCCCCCCCCCCCCCC/C=C\C/C=C\CCCCCCC)COP(=O)([O-])OCC[N+](C)(C)C. The fourth-order valence-corrected chi connectivity index (χ4v) is 10.2. The molecule has 0 heterocycles. The number of carbonyl (C=O) groups is 2. The highest BCUT2D eigenvalue weighted by atomic mass is 31.2. The first-order valence-corrected chi connectivity index (χ1v) is 36.1. The zero-order valence-corrected chi connectivity index (χ0v) is 56.0. The average Bonchev–Trinajstić information content (AvgIpc) is 3.60. The number of rotatable bonds is 63. The molecule has 0 fully saturated rings.